The molecule has 0 fully saturated rings. The fourth-order valence-corrected chi connectivity index (χ4v) is 5.55. The van der Waals surface area contributed by atoms with E-state index in [1.54, 1.807) is 18.5 Å². The van der Waals surface area contributed by atoms with Gasteiger partial charge in [0.2, 0.25) is 0 Å². The zero-order chi connectivity index (χ0) is 25.1. The number of pyridine rings is 1. The zero-order valence-corrected chi connectivity index (χ0v) is 19.5. The van der Waals surface area contributed by atoms with Crippen LogP contribution >= 0.6 is 0 Å². The summed E-state index contributed by atoms with van der Waals surface area (Å²) in [7, 11) is 0. The van der Waals surface area contributed by atoms with Gasteiger partial charge in [-0.3, -0.25) is 4.79 Å². The van der Waals surface area contributed by atoms with Gasteiger partial charge < -0.3 is 15.4 Å². The smallest absolute Gasteiger partial charge is 0.416 e. The molecule has 3 heterocycles. The van der Waals surface area contributed by atoms with Crippen LogP contribution in [-0.2, 0) is 0 Å². The first-order valence-electron chi connectivity index (χ1n) is 11.9. The molecule has 1 aliphatic carbocycles. The van der Waals surface area contributed by atoms with E-state index >= 15 is 0 Å². The third kappa shape index (κ3) is 3.11. The van der Waals surface area contributed by atoms with E-state index < -0.39 is 6.09 Å². The number of H-pyrrole nitrogens is 1. The van der Waals surface area contributed by atoms with Crippen LogP contribution in [-0.4, -0.2) is 31.6 Å². The van der Waals surface area contributed by atoms with E-state index in [-0.39, 0.29) is 11.9 Å². The average Bonchev–Trinajstić information content (AvgIpc) is 3.63. The van der Waals surface area contributed by atoms with Gasteiger partial charge in [0.15, 0.2) is 0 Å². The van der Waals surface area contributed by atoms with E-state index in [2.05, 4.69) is 15.3 Å². The van der Waals surface area contributed by atoms with Crippen molar-refractivity contribution in [2.24, 2.45) is 0 Å². The molecule has 0 radical (unpaired) electrons. The number of nitrogens with zero attached hydrogens (tertiary/aromatic N) is 2. The topological polar surface area (TPSA) is 100 Å². The van der Waals surface area contributed by atoms with Crippen molar-refractivity contribution in [2.45, 2.75) is 6.04 Å². The Bertz CT molecular complexity index is 1880. The molecular weight excluding hydrogens is 464 g/mol. The second kappa shape index (κ2) is 7.93. The van der Waals surface area contributed by atoms with Crippen molar-refractivity contribution in [3.63, 3.8) is 0 Å². The third-order valence-electron chi connectivity index (χ3n) is 7.11. The molecule has 6 aromatic rings. The highest BCUT2D eigenvalue weighted by molar-refractivity contribution is 6.06. The van der Waals surface area contributed by atoms with Crippen LogP contribution in [0.5, 0.6) is 0 Å². The van der Waals surface area contributed by atoms with E-state index in [0.29, 0.717) is 22.4 Å². The van der Waals surface area contributed by atoms with Crippen LogP contribution in [0.15, 0.2) is 97.3 Å². The number of para-hydroxylation sites is 1. The summed E-state index contributed by atoms with van der Waals surface area (Å²) in [5, 5.41) is 15.0. The lowest BCUT2D eigenvalue weighted by atomic mass is 9.97. The molecule has 3 N–H and O–H groups in total. The molecule has 7 rings (SSSR count). The second-order valence-electron chi connectivity index (χ2n) is 9.07. The van der Waals surface area contributed by atoms with Gasteiger partial charge in [-0.15, -0.1) is 0 Å². The number of carbonyl (C=O) groups excluding carboxylic acids is 1. The van der Waals surface area contributed by atoms with Crippen molar-refractivity contribution in [1.82, 2.24) is 19.9 Å². The van der Waals surface area contributed by atoms with Crippen LogP contribution in [0.4, 0.5) is 4.79 Å². The standard InChI is InChI=1S/C30H20N4O3/c35-29(21-13-15-32-28-20(21)12-14-31-28)33-27-19-8-3-2-7-18(19)26-22(9-5-10-23(26)27)25-16-17-6-1-4-11-24(17)34(25)30(36)37/h1-16,27H,(H,31,32)(H,33,35)(H,36,37)/t27-/m1/s1. The summed E-state index contributed by atoms with van der Waals surface area (Å²) in [5.74, 6) is -0.204. The quantitative estimate of drug-likeness (QED) is 0.278. The first-order chi connectivity index (χ1) is 18.1. The third-order valence-corrected chi connectivity index (χ3v) is 7.11. The number of hydrogen-bond donors (Lipinski definition) is 3. The van der Waals surface area contributed by atoms with Gasteiger partial charge >= 0.3 is 6.09 Å². The predicted octanol–water partition coefficient (Wildman–Crippen LogP) is 6.21. The number of amides is 1. The van der Waals surface area contributed by atoms with Crippen molar-refractivity contribution < 1.29 is 14.7 Å². The normalized spacial score (nSPS) is 14.0. The maximum Gasteiger partial charge on any atom is 0.416 e. The van der Waals surface area contributed by atoms with Crippen LogP contribution in [0.3, 0.4) is 0 Å². The number of rotatable bonds is 3. The molecule has 0 saturated heterocycles. The van der Waals surface area contributed by atoms with Gasteiger partial charge in [0, 0.05) is 28.7 Å². The minimum absolute atomic E-state index is 0.204. The number of nitrogens with one attached hydrogen (secondary N) is 2. The van der Waals surface area contributed by atoms with E-state index in [1.165, 1.54) is 4.57 Å². The van der Waals surface area contributed by atoms with Gasteiger partial charge in [-0.2, -0.15) is 0 Å². The van der Waals surface area contributed by atoms with Gasteiger partial charge in [-0.1, -0.05) is 60.7 Å². The summed E-state index contributed by atoms with van der Waals surface area (Å²) in [6.07, 6.45) is 2.34. The lowest BCUT2D eigenvalue weighted by molar-refractivity contribution is 0.0945. The van der Waals surface area contributed by atoms with Crippen LogP contribution in [0.1, 0.15) is 27.5 Å². The number of aromatic amines is 1. The Hall–Kier alpha value is -5.17. The summed E-state index contributed by atoms with van der Waals surface area (Å²) in [5.41, 5.74) is 7.02. The number of benzene rings is 3. The fraction of sp³-hybridized carbons (Fsp3) is 0.0333. The molecule has 178 valence electrons. The Kier molecular flexibility index (Phi) is 4.53. The van der Waals surface area contributed by atoms with Gasteiger partial charge in [0.05, 0.1) is 22.8 Å². The van der Waals surface area contributed by atoms with Crippen molar-refractivity contribution in [3.05, 3.63) is 114 Å². The summed E-state index contributed by atoms with van der Waals surface area (Å²) >= 11 is 0. The predicted molar refractivity (Wildman–Crippen MR) is 142 cm³/mol. The summed E-state index contributed by atoms with van der Waals surface area (Å²) in [4.78, 5) is 33.2. The lowest BCUT2D eigenvalue weighted by Crippen LogP contribution is -2.28. The largest absolute Gasteiger partial charge is 0.464 e. The number of fused-ring (bicyclic) bond motifs is 5. The Morgan fingerprint density at radius 1 is 0.892 bits per heavy atom. The SMILES string of the molecule is O=C(N[C@@H]1c2ccccc2-c2c(-c3cc4ccccc4n3C(=O)O)cccc21)c1ccnc2[nH]ccc12. The van der Waals surface area contributed by atoms with Crippen LogP contribution in [0.2, 0.25) is 0 Å². The molecule has 3 aromatic carbocycles. The molecule has 0 spiro atoms. The van der Waals surface area contributed by atoms with Crippen molar-refractivity contribution in [3.8, 4) is 22.4 Å². The van der Waals surface area contributed by atoms with Crippen LogP contribution in [0.25, 0.3) is 44.3 Å². The molecule has 0 bridgehead atoms. The molecule has 1 aliphatic rings. The maximum absolute atomic E-state index is 13.5. The van der Waals surface area contributed by atoms with E-state index in [4.69, 9.17) is 0 Å². The molecule has 7 nitrogen and oxygen atoms in total. The highest BCUT2D eigenvalue weighted by atomic mass is 16.4. The fourth-order valence-electron chi connectivity index (χ4n) is 5.55. The molecular formula is C30H20N4O3. The first kappa shape index (κ1) is 21.1. The van der Waals surface area contributed by atoms with Gasteiger partial charge in [0.1, 0.15) is 5.65 Å². The minimum Gasteiger partial charge on any atom is -0.464 e. The monoisotopic (exact) mass is 484 g/mol. The Morgan fingerprint density at radius 3 is 2.57 bits per heavy atom. The highest BCUT2D eigenvalue weighted by Gasteiger charge is 2.33. The van der Waals surface area contributed by atoms with Crippen LogP contribution < -0.4 is 5.32 Å². The number of carbonyl (C=O) groups is 2. The van der Waals surface area contributed by atoms with E-state index in [0.717, 1.165) is 38.6 Å². The number of carboxylic acid groups (broad SMARTS) is 1. The number of aromatic nitrogens is 3. The van der Waals surface area contributed by atoms with Crippen LogP contribution in [0, 0.1) is 0 Å². The minimum atomic E-state index is -1.04. The molecule has 3 aromatic heterocycles. The first-order valence-corrected chi connectivity index (χ1v) is 11.9. The van der Waals surface area contributed by atoms with Gasteiger partial charge in [-0.25, -0.2) is 14.3 Å². The summed E-state index contributed by atoms with van der Waals surface area (Å²) < 4.78 is 1.33. The average molecular weight is 485 g/mol. The van der Waals surface area contributed by atoms with E-state index in [9.17, 15) is 14.7 Å². The second-order valence-corrected chi connectivity index (χ2v) is 9.07. The lowest BCUT2D eigenvalue weighted by Gasteiger charge is -2.17. The Labute approximate surface area is 211 Å². The summed E-state index contributed by atoms with van der Waals surface area (Å²) in [6, 6.07) is 26.3. The molecule has 1 amide bonds. The molecule has 1 atom stereocenters. The summed E-state index contributed by atoms with van der Waals surface area (Å²) in [6.45, 7) is 0. The van der Waals surface area contributed by atoms with Gasteiger partial charge in [-0.05, 0) is 46.5 Å². The molecule has 37 heavy (non-hydrogen) atoms. The van der Waals surface area contributed by atoms with Crippen molar-refractivity contribution >= 4 is 33.9 Å². The van der Waals surface area contributed by atoms with Crippen molar-refractivity contribution in [1.29, 1.82) is 0 Å². The molecule has 0 aliphatic heterocycles. The van der Waals surface area contributed by atoms with Gasteiger partial charge in [0.25, 0.3) is 5.91 Å². The molecule has 0 saturated carbocycles. The number of hydrogen-bond acceptors (Lipinski definition) is 3. The zero-order valence-electron chi connectivity index (χ0n) is 19.5. The molecule has 0 unspecified atom stereocenters. The van der Waals surface area contributed by atoms with Crippen molar-refractivity contribution in [2.75, 3.05) is 0 Å². The van der Waals surface area contributed by atoms with E-state index in [1.807, 2.05) is 78.9 Å². The Morgan fingerprint density at radius 2 is 1.68 bits per heavy atom. The maximum atomic E-state index is 13.5. The Balaban J connectivity index is 1.40. The highest BCUT2D eigenvalue weighted by Crippen LogP contribution is 2.48. The molecule has 7 heteroatoms.